The summed E-state index contributed by atoms with van der Waals surface area (Å²) in [5, 5.41) is 13.2. The molecule has 0 aliphatic rings. The number of hydrogen-bond acceptors (Lipinski definition) is 5. The SMILES string of the molecule is C[C@H](Sc1ccc(Cl)cc1)C(=O)Nc1nnc(-c2ccc(Cl)cc2)s1. The van der Waals surface area contributed by atoms with Gasteiger partial charge in [0.2, 0.25) is 11.0 Å². The number of anilines is 1. The lowest BCUT2D eigenvalue weighted by molar-refractivity contribution is -0.115. The highest BCUT2D eigenvalue weighted by molar-refractivity contribution is 8.00. The minimum atomic E-state index is -0.274. The zero-order chi connectivity index (χ0) is 17.8. The first-order valence-electron chi connectivity index (χ1n) is 7.34. The van der Waals surface area contributed by atoms with Gasteiger partial charge in [-0.15, -0.1) is 22.0 Å². The molecule has 0 unspecified atom stereocenters. The van der Waals surface area contributed by atoms with E-state index in [0.29, 0.717) is 15.2 Å². The Hall–Kier alpha value is -1.60. The number of benzene rings is 2. The molecule has 25 heavy (non-hydrogen) atoms. The highest BCUT2D eigenvalue weighted by Crippen LogP contribution is 2.29. The van der Waals surface area contributed by atoms with Crippen LogP contribution < -0.4 is 5.32 Å². The molecule has 1 N–H and O–H groups in total. The molecule has 2 aromatic carbocycles. The van der Waals surface area contributed by atoms with E-state index in [2.05, 4.69) is 15.5 Å². The molecule has 0 aliphatic carbocycles. The van der Waals surface area contributed by atoms with Crippen molar-refractivity contribution < 1.29 is 4.79 Å². The summed E-state index contributed by atoms with van der Waals surface area (Å²) >= 11 is 14.5. The zero-order valence-electron chi connectivity index (χ0n) is 13.1. The maximum atomic E-state index is 12.3. The van der Waals surface area contributed by atoms with Crippen LogP contribution in [0.3, 0.4) is 0 Å². The van der Waals surface area contributed by atoms with Crippen LogP contribution >= 0.6 is 46.3 Å². The third-order valence-corrected chi connectivity index (χ3v) is 5.75. The first-order chi connectivity index (χ1) is 12.0. The van der Waals surface area contributed by atoms with Crippen molar-refractivity contribution in [1.29, 1.82) is 0 Å². The van der Waals surface area contributed by atoms with E-state index in [4.69, 9.17) is 23.2 Å². The number of amides is 1. The average molecular weight is 410 g/mol. The van der Waals surface area contributed by atoms with Crippen LogP contribution in [0.5, 0.6) is 0 Å². The summed E-state index contributed by atoms with van der Waals surface area (Å²) in [6.07, 6.45) is 0. The molecule has 128 valence electrons. The number of carbonyl (C=O) groups is 1. The molecule has 1 aromatic heterocycles. The number of rotatable bonds is 5. The van der Waals surface area contributed by atoms with Gasteiger partial charge in [0, 0.05) is 20.5 Å². The summed E-state index contributed by atoms with van der Waals surface area (Å²) in [4.78, 5) is 13.3. The van der Waals surface area contributed by atoms with Crippen LogP contribution in [0.4, 0.5) is 5.13 Å². The van der Waals surface area contributed by atoms with Gasteiger partial charge in [-0.25, -0.2) is 0 Å². The Morgan fingerprint density at radius 2 is 1.64 bits per heavy atom. The van der Waals surface area contributed by atoms with Crippen LogP contribution in [0.25, 0.3) is 10.6 Å². The molecule has 1 heterocycles. The average Bonchev–Trinajstić information content (AvgIpc) is 3.06. The van der Waals surface area contributed by atoms with Crippen LogP contribution in [-0.2, 0) is 4.79 Å². The van der Waals surface area contributed by atoms with Crippen molar-refractivity contribution in [1.82, 2.24) is 10.2 Å². The van der Waals surface area contributed by atoms with Gasteiger partial charge in [0.1, 0.15) is 5.01 Å². The van der Waals surface area contributed by atoms with Crippen LogP contribution in [0, 0.1) is 0 Å². The molecule has 0 fully saturated rings. The van der Waals surface area contributed by atoms with Gasteiger partial charge in [-0.1, -0.05) is 46.7 Å². The fraction of sp³-hybridized carbons (Fsp3) is 0.118. The molecule has 3 rings (SSSR count). The molecule has 1 atom stereocenters. The standard InChI is InChI=1S/C17H13Cl2N3OS2/c1-10(24-14-8-6-13(19)7-9-14)15(23)20-17-22-21-16(25-17)11-2-4-12(18)5-3-11/h2-10H,1H3,(H,20,22,23)/t10-/m0/s1. The van der Waals surface area contributed by atoms with Gasteiger partial charge < -0.3 is 0 Å². The lowest BCUT2D eigenvalue weighted by Crippen LogP contribution is -2.22. The third kappa shape index (κ3) is 4.95. The number of thioether (sulfide) groups is 1. The largest absolute Gasteiger partial charge is 0.300 e. The lowest BCUT2D eigenvalue weighted by Gasteiger charge is -2.10. The monoisotopic (exact) mass is 409 g/mol. The Kier molecular flexibility index (Phi) is 5.96. The Balaban J connectivity index is 1.62. The summed E-state index contributed by atoms with van der Waals surface area (Å²) in [7, 11) is 0. The zero-order valence-corrected chi connectivity index (χ0v) is 16.2. The highest BCUT2D eigenvalue weighted by Gasteiger charge is 2.17. The number of halogens is 2. The third-order valence-electron chi connectivity index (χ3n) is 3.24. The second kappa shape index (κ2) is 8.19. The molecule has 0 saturated carbocycles. The summed E-state index contributed by atoms with van der Waals surface area (Å²) in [6, 6.07) is 14.7. The van der Waals surface area contributed by atoms with Gasteiger partial charge in [0.15, 0.2) is 0 Å². The first kappa shape index (κ1) is 18.2. The molecule has 1 amide bonds. The number of nitrogens with zero attached hydrogens (tertiary/aromatic N) is 2. The summed E-state index contributed by atoms with van der Waals surface area (Å²) in [5.74, 6) is -0.126. The van der Waals surface area contributed by atoms with E-state index in [1.54, 1.807) is 24.3 Å². The van der Waals surface area contributed by atoms with Crippen molar-refractivity contribution in [3.63, 3.8) is 0 Å². The van der Waals surface area contributed by atoms with Crippen LogP contribution in [-0.4, -0.2) is 21.4 Å². The molecule has 0 spiro atoms. The quantitative estimate of drug-likeness (QED) is 0.554. The van der Waals surface area contributed by atoms with Crippen LogP contribution in [0.2, 0.25) is 10.0 Å². The molecular formula is C17H13Cl2N3OS2. The number of aromatic nitrogens is 2. The van der Waals surface area contributed by atoms with Gasteiger partial charge >= 0.3 is 0 Å². The van der Waals surface area contributed by atoms with E-state index >= 15 is 0 Å². The number of carbonyl (C=O) groups excluding carboxylic acids is 1. The maximum Gasteiger partial charge on any atom is 0.239 e. The predicted molar refractivity (Wildman–Crippen MR) is 106 cm³/mol. The van der Waals surface area contributed by atoms with E-state index in [0.717, 1.165) is 15.5 Å². The molecule has 8 heteroatoms. The second-order valence-corrected chi connectivity index (χ2v) is 8.39. The molecule has 3 aromatic rings. The fourth-order valence-electron chi connectivity index (χ4n) is 1.96. The maximum absolute atomic E-state index is 12.3. The van der Waals surface area contributed by atoms with E-state index in [9.17, 15) is 4.79 Å². The molecule has 0 saturated heterocycles. The normalized spacial score (nSPS) is 12.0. The van der Waals surface area contributed by atoms with E-state index < -0.39 is 0 Å². The molecule has 0 aliphatic heterocycles. The van der Waals surface area contributed by atoms with Crippen LogP contribution in [0.15, 0.2) is 53.4 Å². The minimum absolute atomic E-state index is 0.126. The highest BCUT2D eigenvalue weighted by atomic mass is 35.5. The van der Waals surface area contributed by atoms with Gasteiger partial charge in [0.25, 0.3) is 0 Å². The smallest absolute Gasteiger partial charge is 0.239 e. The predicted octanol–water partition coefficient (Wildman–Crippen LogP) is 5.63. The van der Waals surface area contributed by atoms with E-state index in [1.165, 1.54) is 23.1 Å². The van der Waals surface area contributed by atoms with Crippen LogP contribution in [0.1, 0.15) is 6.92 Å². The number of nitrogens with one attached hydrogen (secondary N) is 1. The molecule has 0 bridgehead atoms. The van der Waals surface area contributed by atoms with Crippen molar-refractivity contribution in [3.8, 4) is 10.6 Å². The second-order valence-electron chi connectivity index (χ2n) is 5.12. The lowest BCUT2D eigenvalue weighted by atomic mass is 10.2. The summed E-state index contributed by atoms with van der Waals surface area (Å²) < 4.78 is 0. The Morgan fingerprint density at radius 1 is 1.04 bits per heavy atom. The van der Waals surface area contributed by atoms with Gasteiger partial charge in [-0.05, 0) is 43.3 Å². The number of hydrogen-bond donors (Lipinski definition) is 1. The van der Waals surface area contributed by atoms with Crippen molar-refractivity contribution >= 4 is 57.3 Å². The molecular weight excluding hydrogens is 397 g/mol. The fourth-order valence-corrected chi connectivity index (χ4v) is 3.83. The molecule has 4 nitrogen and oxygen atoms in total. The topological polar surface area (TPSA) is 54.9 Å². The summed E-state index contributed by atoms with van der Waals surface area (Å²) in [5.41, 5.74) is 0.908. The Bertz CT molecular complexity index is 866. The van der Waals surface area contributed by atoms with Crippen molar-refractivity contribution in [2.45, 2.75) is 17.1 Å². The van der Waals surface area contributed by atoms with Gasteiger partial charge in [0.05, 0.1) is 5.25 Å². The van der Waals surface area contributed by atoms with Crippen molar-refractivity contribution in [2.24, 2.45) is 0 Å². The van der Waals surface area contributed by atoms with E-state index in [1.807, 2.05) is 31.2 Å². The molecule has 0 radical (unpaired) electrons. The van der Waals surface area contributed by atoms with Crippen molar-refractivity contribution in [3.05, 3.63) is 58.6 Å². The Labute approximate surface area is 163 Å². The van der Waals surface area contributed by atoms with E-state index in [-0.39, 0.29) is 11.2 Å². The first-order valence-corrected chi connectivity index (χ1v) is 9.79. The van der Waals surface area contributed by atoms with Crippen molar-refractivity contribution in [2.75, 3.05) is 5.32 Å². The minimum Gasteiger partial charge on any atom is -0.300 e. The summed E-state index contributed by atoms with van der Waals surface area (Å²) in [6.45, 7) is 1.84. The Morgan fingerprint density at radius 3 is 2.28 bits per heavy atom. The van der Waals surface area contributed by atoms with Gasteiger partial charge in [-0.3, -0.25) is 10.1 Å². The van der Waals surface area contributed by atoms with Gasteiger partial charge in [-0.2, -0.15) is 0 Å².